The van der Waals surface area contributed by atoms with Crippen LogP contribution < -0.4 is 4.74 Å². The summed E-state index contributed by atoms with van der Waals surface area (Å²) in [5, 5.41) is 8.78. The number of halogens is 1. The molecular weight excluding hydrogens is 413 g/mol. The smallest absolute Gasteiger partial charge is 0.343 e. The number of ether oxygens (including phenoxy) is 1. The molecule has 0 bridgehead atoms. The van der Waals surface area contributed by atoms with Crippen molar-refractivity contribution in [3.63, 3.8) is 0 Å². The fourth-order valence-corrected chi connectivity index (χ4v) is 4.88. The van der Waals surface area contributed by atoms with Crippen molar-refractivity contribution >= 4 is 5.97 Å². The minimum atomic E-state index is -0.696. The van der Waals surface area contributed by atoms with Crippen LogP contribution in [0.15, 0.2) is 42.5 Å². The van der Waals surface area contributed by atoms with E-state index in [1.807, 2.05) is 12.1 Å². The molecule has 2 aromatic carbocycles. The van der Waals surface area contributed by atoms with Gasteiger partial charge in [0.05, 0.1) is 11.1 Å². The maximum absolute atomic E-state index is 13.7. The van der Waals surface area contributed by atoms with Crippen LogP contribution in [0.5, 0.6) is 5.75 Å². The summed E-state index contributed by atoms with van der Waals surface area (Å²) in [6.45, 7) is 2.28. The van der Waals surface area contributed by atoms with Gasteiger partial charge in [0.25, 0.3) is 0 Å². The molecule has 3 nitrogen and oxygen atoms in total. The summed E-state index contributed by atoms with van der Waals surface area (Å²) in [4.78, 5) is 12.3. The lowest BCUT2D eigenvalue weighted by atomic mass is 9.78. The standard InChI is InChI=1S/C29H36FNO2/c1-2-3-4-7-22-10-12-23(13-11-22)8-5-6-9-24-14-16-25(17-15-24)29(32)33-27-19-18-26(21-31)28(30)20-27/h14-20,22-23H,2-13H2,1H3. The van der Waals surface area contributed by atoms with Gasteiger partial charge in [-0.25, -0.2) is 9.18 Å². The molecule has 0 aliphatic heterocycles. The van der Waals surface area contributed by atoms with Crippen molar-refractivity contribution in [2.24, 2.45) is 11.8 Å². The fourth-order valence-electron chi connectivity index (χ4n) is 4.88. The highest BCUT2D eigenvalue weighted by molar-refractivity contribution is 5.91. The van der Waals surface area contributed by atoms with E-state index in [-0.39, 0.29) is 11.3 Å². The minimum absolute atomic E-state index is 0.0748. The second kappa shape index (κ2) is 13.1. The van der Waals surface area contributed by atoms with E-state index in [4.69, 9.17) is 10.00 Å². The van der Waals surface area contributed by atoms with Gasteiger partial charge >= 0.3 is 5.97 Å². The fraction of sp³-hybridized carbons (Fsp3) is 0.517. The molecule has 0 saturated heterocycles. The number of nitriles is 1. The molecule has 0 amide bonds. The van der Waals surface area contributed by atoms with Gasteiger partial charge in [-0.2, -0.15) is 5.26 Å². The zero-order valence-electron chi connectivity index (χ0n) is 19.8. The number of hydrogen-bond acceptors (Lipinski definition) is 3. The first kappa shape index (κ1) is 25.0. The first-order valence-electron chi connectivity index (χ1n) is 12.6. The predicted octanol–water partition coefficient (Wildman–Crippen LogP) is 8.02. The van der Waals surface area contributed by atoms with Crippen molar-refractivity contribution in [1.82, 2.24) is 0 Å². The van der Waals surface area contributed by atoms with Crippen LogP contribution in [0, 0.1) is 29.0 Å². The Kier molecular flexibility index (Phi) is 9.94. The first-order valence-corrected chi connectivity index (χ1v) is 12.6. The molecule has 0 spiro atoms. The first-order chi connectivity index (χ1) is 16.1. The summed E-state index contributed by atoms with van der Waals surface area (Å²) >= 11 is 0. The topological polar surface area (TPSA) is 50.1 Å². The van der Waals surface area contributed by atoms with Crippen LogP contribution in [0.2, 0.25) is 0 Å². The van der Waals surface area contributed by atoms with Gasteiger partial charge in [-0.1, -0.05) is 83.3 Å². The van der Waals surface area contributed by atoms with Crippen molar-refractivity contribution in [3.05, 3.63) is 65.0 Å². The molecular formula is C29H36FNO2. The van der Waals surface area contributed by atoms with Crippen LogP contribution in [0.1, 0.15) is 99.0 Å². The molecule has 1 saturated carbocycles. The predicted molar refractivity (Wildman–Crippen MR) is 130 cm³/mol. The van der Waals surface area contributed by atoms with E-state index in [2.05, 4.69) is 6.92 Å². The van der Waals surface area contributed by atoms with Crippen molar-refractivity contribution in [1.29, 1.82) is 5.26 Å². The Balaban J connectivity index is 1.35. The van der Waals surface area contributed by atoms with Gasteiger partial charge in [-0.15, -0.1) is 0 Å². The van der Waals surface area contributed by atoms with Gasteiger partial charge in [0.1, 0.15) is 17.6 Å². The highest BCUT2D eigenvalue weighted by Gasteiger charge is 2.20. The Hall–Kier alpha value is -2.67. The summed E-state index contributed by atoms with van der Waals surface area (Å²) in [7, 11) is 0. The number of rotatable bonds is 11. The van der Waals surface area contributed by atoms with Crippen LogP contribution in [0.4, 0.5) is 4.39 Å². The summed E-state index contributed by atoms with van der Waals surface area (Å²) in [6, 6.07) is 13.0. The molecule has 176 valence electrons. The number of hydrogen-bond donors (Lipinski definition) is 0. The second-order valence-electron chi connectivity index (χ2n) is 9.47. The van der Waals surface area contributed by atoms with E-state index in [0.29, 0.717) is 5.56 Å². The van der Waals surface area contributed by atoms with Crippen molar-refractivity contribution in [2.45, 2.75) is 84.0 Å². The third-order valence-corrected chi connectivity index (χ3v) is 6.97. The largest absolute Gasteiger partial charge is 0.423 e. The molecule has 0 atom stereocenters. The van der Waals surface area contributed by atoms with Crippen LogP contribution in [-0.2, 0) is 6.42 Å². The molecule has 0 N–H and O–H groups in total. The Bertz CT molecular complexity index is 924. The Morgan fingerprint density at radius 1 is 0.970 bits per heavy atom. The van der Waals surface area contributed by atoms with E-state index in [1.165, 1.54) is 88.3 Å². The van der Waals surface area contributed by atoms with Crippen LogP contribution in [-0.4, -0.2) is 5.97 Å². The van der Waals surface area contributed by atoms with Crippen molar-refractivity contribution in [2.75, 3.05) is 0 Å². The lowest BCUT2D eigenvalue weighted by Crippen LogP contribution is -2.14. The molecule has 33 heavy (non-hydrogen) atoms. The van der Waals surface area contributed by atoms with E-state index < -0.39 is 11.8 Å². The summed E-state index contributed by atoms with van der Waals surface area (Å²) < 4.78 is 18.9. The number of aryl methyl sites for hydroxylation is 1. The maximum Gasteiger partial charge on any atom is 0.343 e. The summed E-state index contributed by atoms with van der Waals surface area (Å²) in [6.07, 6.45) is 16.0. The van der Waals surface area contributed by atoms with Crippen LogP contribution >= 0.6 is 0 Å². The maximum atomic E-state index is 13.7. The third-order valence-electron chi connectivity index (χ3n) is 6.97. The number of unbranched alkanes of at least 4 members (excludes halogenated alkanes) is 3. The normalized spacial score (nSPS) is 18.0. The van der Waals surface area contributed by atoms with Gasteiger partial charge in [-0.05, 0) is 54.5 Å². The third kappa shape index (κ3) is 8.00. The zero-order valence-corrected chi connectivity index (χ0v) is 19.8. The highest BCUT2D eigenvalue weighted by Crippen LogP contribution is 2.34. The minimum Gasteiger partial charge on any atom is -0.423 e. The number of esters is 1. The zero-order chi connectivity index (χ0) is 23.5. The molecule has 3 rings (SSSR count). The second-order valence-corrected chi connectivity index (χ2v) is 9.47. The van der Waals surface area contributed by atoms with Crippen molar-refractivity contribution < 1.29 is 13.9 Å². The highest BCUT2D eigenvalue weighted by atomic mass is 19.1. The Morgan fingerprint density at radius 2 is 1.61 bits per heavy atom. The Labute approximate surface area is 198 Å². The Morgan fingerprint density at radius 3 is 2.18 bits per heavy atom. The van der Waals surface area contributed by atoms with Crippen molar-refractivity contribution in [3.8, 4) is 11.8 Å². The molecule has 1 fully saturated rings. The molecule has 0 aromatic heterocycles. The molecule has 1 aliphatic rings. The number of carbonyl (C=O) groups is 1. The molecule has 2 aromatic rings. The average molecular weight is 450 g/mol. The van der Waals surface area contributed by atoms with E-state index in [0.717, 1.165) is 24.3 Å². The van der Waals surface area contributed by atoms with Gasteiger partial charge in [0.2, 0.25) is 0 Å². The molecule has 0 radical (unpaired) electrons. The molecule has 1 aliphatic carbocycles. The van der Waals surface area contributed by atoms with Crippen LogP contribution in [0.3, 0.4) is 0 Å². The number of carbonyl (C=O) groups excluding carboxylic acids is 1. The molecule has 0 unspecified atom stereocenters. The summed E-state index contributed by atoms with van der Waals surface area (Å²) in [5.74, 6) is 0.760. The number of nitrogens with zero attached hydrogens (tertiary/aromatic N) is 1. The molecule has 4 heteroatoms. The van der Waals surface area contributed by atoms with Gasteiger partial charge in [0.15, 0.2) is 0 Å². The SMILES string of the molecule is CCCCCC1CCC(CCCCc2ccc(C(=O)Oc3ccc(C#N)c(F)c3)cc2)CC1. The lowest BCUT2D eigenvalue weighted by Gasteiger charge is -2.28. The van der Waals surface area contributed by atoms with Gasteiger partial charge in [0, 0.05) is 6.07 Å². The number of benzene rings is 2. The molecule has 0 heterocycles. The van der Waals surface area contributed by atoms with E-state index >= 15 is 0 Å². The van der Waals surface area contributed by atoms with Crippen LogP contribution in [0.25, 0.3) is 0 Å². The lowest BCUT2D eigenvalue weighted by molar-refractivity contribution is 0.0734. The summed E-state index contributed by atoms with van der Waals surface area (Å²) in [5.41, 5.74) is 1.57. The average Bonchev–Trinajstić information content (AvgIpc) is 2.83. The van der Waals surface area contributed by atoms with E-state index in [1.54, 1.807) is 18.2 Å². The van der Waals surface area contributed by atoms with Gasteiger partial charge < -0.3 is 4.74 Å². The quantitative estimate of drug-likeness (QED) is 0.198. The van der Waals surface area contributed by atoms with E-state index in [9.17, 15) is 9.18 Å². The van der Waals surface area contributed by atoms with Gasteiger partial charge in [-0.3, -0.25) is 0 Å². The monoisotopic (exact) mass is 449 g/mol.